The monoisotopic (exact) mass is 333 g/mol. The third kappa shape index (κ3) is 4.89. The summed E-state index contributed by atoms with van der Waals surface area (Å²) in [5.74, 6) is 1.50. The number of carbonyl (C=O) groups is 2. The molecule has 1 aromatic carbocycles. The topological polar surface area (TPSA) is 68.5 Å². The Morgan fingerprint density at radius 2 is 2.04 bits per heavy atom. The molecule has 0 radical (unpaired) electrons. The second-order valence-electron chi connectivity index (χ2n) is 5.08. The second-order valence-corrected chi connectivity index (χ2v) is 6.07. The van der Waals surface area contributed by atoms with Crippen LogP contribution in [0, 0.1) is 13.8 Å². The third-order valence-corrected chi connectivity index (χ3v) is 4.11. The van der Waals surface area contributed by atoms with Crippen LogP contribution in [0.5, 0.6) is 0 Å². The summed E-state index contributed by atoms with van der Waals surface area (Å²) in [5.41, 5.74) is 2.31. The smallest absolute Gasteiger partial charge is 0.341 e. The lowest BCUT2D eigenvalue weighted by atomic mass is 10.2. The van der Waals surface area contributed by atoms with E-state index in [0.29, 0.717) is 28.6 Å². The zero-order valence-corrected chi connectivity index (χ0v) is 14.2. The molecule has 122 valence electrons. The predicted octanol–water partition coefficient (Wildman–Crippen LogP) is 3.55. The van der Waals surface area contributed by atoms with Crippen LogP contribution in [0.1, 0.15) is 27.4 Å². The first kappa shape index (κ1) is 17.1. The average molecular weight is 333 g/mol. The molecule has 2 aromatic rings. The Labute approximate surface area is 139 Å². The number of methoxy groups -OCH3 is 1. The molecule has 1 amide bonds. The number of benzene rings is 1. The molecule has 2 rings (SSSR count). The number of aryl methyl sites for hydroxylation is 2. The van der Waals surface area contributed by atoms with E-state index in [1.165, 1.54) is 18.9 Å². The zero-order valence-electron chi connectivity index (χ0n) is 13.3. The standard InChI is InChI=1S/C17H19NO4S/c1-11-5-4-6-13(7-11)18-16(19)10-23-9-14-8-15(12(2)22-14)17(20)21-3/h4-8H,9-10H2,1-3H3,(H,18,19). The van der Waals surface area contributed by atoms with Gasteiger partial charge in [-0.25, -0.2) is 4.79 Å². The number of rotatable bonds is 6. The summed E-state index contributed by atoms with van der Waals surface area (Å²) in [6.07, 6.45) is 0. The van der Waals surface area contributed by atoms with E-state index in [1.54, 1.807) is 13.0 Å². The van der Waals surface area contributed by atoms with Crippen molar-refractivity contribution in [1.82, 2.24) is 0 Å². The highest BCUT2D eigenvalue weighted by Crippen LogP contribution is 2.20. The number of ether oxygens (including phenoxy) is 1. The molecule has 0 atom stereocenters. The summed E-state index contributed by atoms with van der Waals surface area (Å²) in [5, 5.41) is 2.85. The number of nitrogens with one attached hydrogen (secondary N) is 1. The Kier molecular flexibility index (Phi) is 5.87. The number of anilines is 1. The second kappa shape index (κ2) is 7.87. The van der Waals surface area contributed by atoms with Gasteiger partial charge in [-0.2, -0.15) is 0 Å². The van der Waals surface area contributed by atoms with Crippen molar-refractivity contribution in [3.05, 3.63) is 53.0 Å². The van der Waals surface area contributed by atoms with Gasteiger partial charge in [0.25, 0.3) is 0 Å². The molecule has 0 aliphatic carbocycles. The van der Waals surface area contributed by atoms with Crippen LogP contribution < -0.4 is 5.32 Å². The van der Waals surface area contributed by atoms with Crippen LogP contribution in [0.25, 0.3) is 0 Å². The lowest BCUT2D eigenvalue weighted by Crippen LogP contribution is -2.14. The molecule has 0 bridgehead atoms. The number of hydrogen-bond donors (Lipinski definition) is 1. The fourth-order valence-electron chi connectivity index (χ4n) is 2.09. The summed E-state index contributed by atoms with van der Waals surface area (Å²) in [6, 6.07) is 9.31. The molecule has 23 heavy (non-hydrogen) atoms. The number of furan rings is 1. The fourth-order valence-corrected chi connectivity index (χ4v) is 2.79. The molecule has 0 spiro atoms. The quantitative estimate of drug-likeness (QED) is 0.819. The van der Waals surface area contributed by atoms with Crippen LogP contribution in [-0.4, -0.2) is 24.7 Å². The van der Waals surface area contributed by atoms with Crippen molar-refractivity contribution in [3.8, 4) is 0 Å². The number of carbonyl (C=O) groups excluding carboxylic acids is 2. The maximum Gasteiger partial charge on any atom is 0.341 e. The Bertz CT molecular complexity index is 708. The van der Waals surface area contributed by atoms with Gasteiger partial charge in [-0.3, -0.25) is 4.79 Å². The van der Waals surface area contributed by atoms with Crippen molar-refractivity contribution in [2.24, 2.45) is 0 Å². The molecule has 1 heterocycles. The van der Waals surface area contributed by atoms with E-state index < -0.39 is 5.97 Å². The minimum Gasteiger partial charge on any atom is -0.465 e. The predicted molar refractivity (Wildman–Crippen MR) is 90.8 cm³/mol. The van der Waals surface area contributed by atoms with E-state index >= 15 is 0 Å². The molecule has 1 N–H and O–H groups in total. The molecule has 1 aromatic heterocycles. The maximum absolute atomic E-state index is 11.9. The highest BCUT2D eigenvalue weighted by molar-refractivity contribution is 7.99. The first-order chi connectivity index (χ1) is 11.0. The van der Waals surface area contributed by atoms with E-state index in [9.17, 15) is 9.59 Å². The van der Waals surface area contributed by atoms with E-state index in [1.807, 2.05) is 31.2 Å². The van der Waals surface area contributed by atoms with Crippen molar-refractivity contribution >= 4 is 29.3 Å². The maximum atomic E-state index is 11.9. The number of thioether (sulfide) groups is 1. The first-order valence-electron chi connectivity index (χ1n) is 7.11. The van der Waals surface area contributed by atoms with Crippen molar-refractivity contribution in [2.75, 3.05) is 18.2 Å². The molecular formula is C17H19NO4S. The Balaban J connectivity index is 1.83. The zero-order chi connectivity index (χ0) is 16.8. The molecule has 6 heteroatoms. The average Bonchev–Trinajstić information content (AvgIpc) is 2.87. The van der Waals surface area contributed by atoms with Crippen LogP contribution >= 0.6 is 11.8 Å². The summed E-state index contributed by atoms with van der Waals surface area (Å²) in [4.78, 5) is 23.4. The summed E-state index contributed by atoms with van der Waals surface area (Å²) in [7, 11) is 1.33. The van der Waals surface area contributed by atoms with Crippen molar-refractivity contribution in [2.45, 2.75) is 19.6 Å². The van der Waals surface area contributed by atoms with Crippen LogP contribution in [0.3, 0.4) is 0 Å². The van der Waals surface area contributed by atoms with Gasteiger partial charge in [0.15, 0.2) is 0 Å². The van der Waals surface area contributed by atoms with Crippen LogP contribution in [0.2, 0.25) is 0 Å². The lowest BCUT2D eigenvalue weighted by molar-refractivity contribution is -0.113. The van der Waals surface area contributed by atoms with E-state index in [-0.39, 0.29) is 5.91 Å². The van der Waals surface area contributed by atoms with Gasteiger partial charge in [0.05, 0.1) is 18.6 Å². The van der Waals surface area contributed by atoms with Gasteiger partial charge >= 0.3 is 5.97 Å². The van der Waals surface area contributed by atoms with Crippen LogP contribution in [0.15, 0.2) is 34.7 Å². The molecule has 0 saturated carbocycles. The number of amides is 1. The molecule has 0 fully saturated rings. The Hall–Kier alpha value is -2.21. The first-order valence-corrected chi connectivity index (χ1v) is 8.27. The Morgan fingerprint density at radius 1 is 1.26 bits per heavy atom. The highest BCUT2D eigenvalue weighted by Gasteiger charge is 2.15. The van der Waals surface area contributed by atoms with Gasteiger partial charge in [-0.05, 0) is 37.6 Å². The Morgan fingerprint density at radius 3 is 2.74 bits per heavy atom. The SMILES string of the molecule is COC(=O)c1cc(CSCC(=O)Nc2cccc(C)c2)oc1C. The molecule has 0 unspecified atom stereocenters. The molecular weight excluding hydrogens is 314 g/mol. The number of esters is 1. The van der Waals surface area contributed by atoms with Gasteiger partial charge in [0, 0.05) is 5.69 Å². The van der Waals surface area contributed by atoms with E-state index in [4.69, 9.17) is 4.42 Å². The van der Waals surface area contributed by atoms with E-state index in [2.05, 4.69) is 10.1 Å². The fraction of sp³-hybridized carbons (Fsp3) is 0.294. The van der Waals surface area contributed by atoms with Crippen molar-refractivity contribution in [1.29, 1.82) is 0 Å². The normalized spacial score (nSPS) is 10.4. The summed E-state index contributed by atoms with van der Waals surface area (Å²) < 4.78 is 10.2. The van der Waals surface area contributed by atoms with Gasteiger partial charge in [-0.15, -0.1) is 11.8 Å². The van der Waals surface area contributed by atoms with Crippen LogP contribution in [-0.2, 0) is 15.3 Å². The van der Waals surface area contributed by atoms with Gasteiger partial charge in [0.2, 0.25) is 5.91 Å². The van der Waals surface area contributed by atoms with Crippen LogP contribution in [0.4, 0.5) is 5.69 Å². The molecule has 0 aliphatic rings. The molecule has 0 saturated heterocycles. The van der Waals surface area contributed by atoms with Crippen molar-refractivity contribution < 1.29 is 18.7 Å². The number of hydrogen-bond acceptors (Lipinski definition) is 5. The largest absolute Gasteiger partial charge is 0.465 e. The summed E-state index contributed by atoms with van der Waals surface area (Å²) >= 11 is 1.42. The third-order valence-electron chi connectivity index (χ3n) is 3.15. The highest BCUT2D eigenvalue weighted by atomic mass is 32.2. The van der Waals surface area contributed by atoms with E-state index in [0.717, 1.165) is 11.3 Å². The lowest BCUT2D eigenvalue weighted by Gasteiger charge is -2.05. The molecule has 5 nitrogen and oxygen atoms in total. The molecule has 0 aliphatic heterocycles. The minimum atomic E-state index is -0.417. The minimum absolute atomic E-state index is 0.0722. The summed E-state index contributed by atoms with van der Waals surface area (Å²) in [6.45, 7) is 3.69. The van der Waals surface area contributed by atoms with Gasteiger partial charge < -0.3 is 14.5 Å². The van der Waals surface area contributed by atoms with Gasteiger partial charge in [-0.1, -0.05) is 12.1 Å². The van der Waals surface area contributed by atoms with Gasteiger partial charge in [0.1, 0.15) is 17.1 Å². The van der Waals surface area contributed by atoms with Crippen molar-refractivity contribution in [3.63, 3.8) is 0 Å².